The van der Waals surface area contributed by atoms with E-state index in [1.165, 1.54) is 0 Å². The maximum Gasteiger partial charge on any atom is 0.0768 e. The average molecular weight is 236 g/mol. The van der Waals surface area contributed by atoms with Gasteiger partial charge in [0.2, 0.25) is 0 Å². The largest absolute Gasteiger partial charge is 0.250 e. The van der Waals surface area contributed by atoms with Gasteiger partial charge in [0.15, 0.2) is 0 Å². The third-order valence-electron chi connectivity index (χ3n) is 2.01. The molecule has 0 aliphatic heterocycles. The van der Waals surface area contributed by atoms with Gasteiger partial charge in [-0.3, -0.25) is 8.61 Å². The van der Waals surface area contributed by atoms with Crippen molar-refractivity contribution in [1.82, 2.24) is 8.61 Å². The summed E-state index contributed by atoms with van der Waals surface area (Å²) in [5.74, 6) is 0. The molecule has 4 heteroatoms. The first kappa shape index (κ1) is 14.6. The third kappa shape index (κ3) is 6.17. The molecule has 0 atom stereocenters. The van der Waals surface area contributed by atoms with Gasteiger partial charge in [0, 0.05) is 26.2 Å². The minimum absolute atomic E-state index is 0.620. The normalized spacial score (nSPS) is 12.0. The van der Waals surface area contributed by atoms with E-state index in [-0.39, 0.29) is 0 Å². The van der Waals surface area contributed by atoms with Crippen LogP contribution in [-0.2, 0) is 0 Å². The molecule has 0 aliphatic rings. The average Bonchev–Trinajstić information content (AvgIpc) is 2.22. The predicted octanol–water partition coefficient (Wildman–Crippen LogP) is 3.31. The van der Waals surface area contributed by atoms with Crippen molar-refractivity contribution < 1.29 is 0 Å². The standard InChI is InChI=1S/C10H24N2S2/c1-6-11(7-2)13-10(5)14-12(8-3)9-4/h10H,6-9H2,1-5H3. The van der Waals surface area contributed by atoms with Crippen molar-refractivity contribution >= 4 is 23.9 Å². The van der Waals surface area contributed by atoms with Gasteiger partial charge < -0.3 is 0 Å². The monoisotopic (exact) mass is 236 g/mol. The molecule has 0 N–H and O–H groups in total. The van der Waals surface area contributed by atoms with Gasteiger partial charge >= 0.3 is 0 Å². The Balaban J connectivity index is 3.77. The van der Waals surface area contributed by atoms with Gasteiger partial charge in [0.05, 0.1) is 4.58 Å². The molecule has 0 aromatic heterocycles. The first-order valence-corrected chi connectivity index (χ1v) is 7.18. The Morgan fingerprint density at radius 3 is 1.29 bits per heavy atom. The summed E-state index contributed by atoms with van der Waals surface area (Å²) in [5.41, 5.74) is 0. The summed E-state index contributed by atoms with van der Waals surface area (Å²) in [7, 11) is 0. The van der Waals surface area contributed by atoms with E-state index in [0.29, 0.717) is 4.58 Å². The fourth-order valence-electron chi connectivity index (χ4n) is 1.18. The van der Waals surface area contributed by atoms with E-state index < -0.39 is 0 Å². The lowest BCUT2D eigenvalue weighted by Crippen LogP contribution is -2.21. The summed E-state index contributed by atoms with van der Waals surface area (Å²) < 4.78 is 5.43. The minimum atomic E-state index is 0.620. The molecule has 0 saturated heterocycles. The van der Waals surface area contributed by atoms with Gasteiger partial charge in [0.25, 0.3) is 0 Å². The number of hydrogen-bond acceptors (Lipinski definition) is 4. The van der Waals surface area contributed by atoms with Crippen LogP contribution in [0.15, 0.2) is 0 Å². The zero-order valence-electron chi connectivity index (χ0n) is 10.1. The van der Waals surface area contributed by atoms with Crippen molar-refractivity contribution in [2.24, 2.45) is 0 Å². The molecule has 0 radical (unpaired) electrons. The van der Waals surface area contributed by atoms with Crippen LogP contribution in [0.2, 0.25) is 0 Å². The Hall–Kier alpha value is 0.620. The van der Waals surface area contributed by atoms with Crippen molar-refractivity contribution in [2.45, 2.75) is 39.2 Å². The van der Waals surface area contributed by atoms with Crippen LogP contribution in [-0.4, -0.2) is 39.4 Å². The van der Waals surface area contributed by atoms with Crippen molar-refractivity contribution in [3.63, 3.8) is 0 Å². The topological polar surface area (TPSA) is 6.48 Å². The van der Waals surface area contributed by atoms with E-state index in [2.05, 4.69) is 43.2 Å². The molecular weight excluding hydrogens is 212 g/mol. The lowest BCUT2D eigenvalue weighted by molar-refractivity contribution is 0.517. The lowest BCUT2D eigenvalue weighted by atomic mass is 10.7. The molecule has 0 aromatic carbocycles. The highest BCUT2D eigenvalue weighted by atomic mass is 32.2. The van der Waals surface area contributed by atoms with E-state index in [1.54, 1.807) is 0 Å². The molecule has 0 unspecified atom stereocenters. The summed E-state index contributed by atoms with van der Waals surface area (Å²) in [4.78, 5) is 0. The second-order valence-corrected chi connectivity index (χ2v) is 6.17. The van der Waals surface area contributed by atoms with E-state index in [4.69, 9.17) is 0 Å². The Morgan fingerprint density at radius 2 is 1.07 bits per heavy atom. The van der Waals surface area contributed by atoms with Gasteiger partial charge in [0.1, 0.15) is 0 Å². The van der Waals surface area contributed by atoms with E-state index in [1.807, 2.05) is 23.9 Å². The summed E-state index contributed by atoms with van der Waals surface area (Å²) in [5, 5.41) is 0. The molecule has 0 saturated carbocycles. The molecule has 0 rings (SSSR count). The Kier molecular flexibility index (Phi) is 9.28. The van der Waals surface area contributed by atoms with Crippen LogP contribution < -0.4 is 0 Å². The Labute approximate surface area is 98.1 Å². The van der Waals surface area contributed by atoms with Crippen LogP contribution in [0, 0.1) is 0 Å². The van der Waals surface area contributed by atoms with Crippen molar-refractivity contribution in [2.75, 3.05) is 26.2 Å². The molecule has 0 aromatic rings. The third-order valence-corrected chi connectivity index (χ3v) is 4.75. The van der Waals surface area contributed by atoms with Crippen LogP contribution in [0.3, 0.4) is 0 Å². The van der Waals surface area contributed by atoms with Gasteiger partial charge in [-0.1, -0.05) is 51.6 Å². The zero-order valence-corrected chi connectivity index (χ0v) is 11.7. The van der Waals surface area contributed by atoms with Crippen LogP contribution >= 0.6 is 23.9 Å². The van der Waals surface area contributed by atoms with Crippen molar-refractivity contribution in [3.05, 3.63) is 0 Å². The molecule has 14 heavy (non-hydrogen) atoms. The summed E-state index contributed by atoms with van der Waals surface area (Å²) in [6, 6.07) is 0. The molecule has 0 bridgehead atoms. The molecule has 2 nitrogen and oxygen atoms in total. The van der Waals surface area contributed by atoms with Gasteiger partial charge in [-0.25, -0.2) is 0 Å². The predicted molar refractivity (Wildman–Crippen MR) is 70.5 cm³/mol. The number of nitrogens with zero attached hydrogens (tertiary/aromatic N) is 2. The molecule has 0 amide bonds. The highest BCUT2D eigenvalue weighted by Gasteiger charge is 2.11. The molecule has 0 fully saturated rings. The maximum atomic E-state index is 2.40. The molecular formula is C10H24N2S2. The first-order valence-electron chi connectivity index (χ1n) is 5.51. The molecule has 0 heterocycles. The van der Waals surface area contributed by atoms with E-state index in [9.17, 15) is 0 Å². The quantitative estimate of drug-likeness (QED) is 0.471. The first-order chi connectivity index (χ1) is 6.67. The van der Waals surface area contributed by atoms with Crippen molar-refractivity contribution in [3.8, 4) is 0 Å². The van der Waals surface area contributed by atoms with Crippen molar-refractivity contribution in [1.29, 1.82) is 0 Å². The highest BCUT2D eigenvalue weighted by Crippen LogP contribution is 2.28. The Bertz CT molecular complexity index is 111. The molecule has 0 spiro atoms. The maximum absolute atomic E-state index is 2.40. The number of hydrogen-bond donors (Lipinski definition) is 0. The molecule has 86 valence electrons. The lowest BCUT2D eigenvalue weighted by Gasteiger charge is -2.25. The van der Waals surface area contributed by atoms with Gasteiger partial charge in [-0.05, 0) is 6.92 Å². The van der Waals surface area contributed by atoms with Crippen LogP contribution in [0.1, 0.15) is 34.6 Å². The minimum Gasteiger partial charge on any atom is -0.250 e. The molecule has 0 aliphatic carbocycles. The highest BCUT2D eigenvalue weighted by molar-refractivity contribution is 8.14. The van der Waals surface area contributed by atoms with E-state index >= 15 is 0 Å². The van der Waals surface area contributed by atoms with Crippen LogP contribution in [0.5, 0.6) is 0 Å². The fraction of sp³-hybridized carbons (Fsp3) is 1.00. The van der Waals surface area contributed by atoms with Crippen LogP contribution in [0.25, 0.3) is 0 Å². The fourth-order valence-corrected chi connectivity index (χ4v) is 3.50. The van der Waals surface area contributed by atoms with E-state index in [0.717, 1.165) is 26.2 Å². The summed E-state index contributed by atoms with van der Waals surface area (Å²) in [6.45, 7) is 15.7. The summed E-state index contributed by atoms with van der Waals surface area (Å²) >= 11 is 3.92. The van der Waals surface area contributed by atoms with Gasteiger partial charge in [-0.2, -0.15) is 0 Å². The smallest absolute Gasteiger partial charge is 0.0768 e. The summed E-state index contributed by atoms with van der Waals surface area (Å²) in [6.07, 6.45) is 0. The SMILES string of the molecule is CCN(CC)SC(C)SN(CC)CC. The van der Waals surface area contributed by atoms with Gasteiger partial charge in [-0.15, -0.1) is 0 Å². The second-order valence-electron chi connectivity index (χ2n) is 3.01. The zero-order chi connectivity index (χ0) is 11.0. The number of rotatable bonds is 8. The second kappa shape index (κ2) is 8.89. The van der Waals surface area contributed by atoms with Crippen LogP contribution in [0.4, 0.5) is 0 Å². The Morgan fingerprint density at radius 1 is 0.786 bits per heavy atom.